The SMILES string of the molecule is O=S(=O)(c1ccc2nc(Nc3nc4ccc(S(=O)(=O)N5CCSCC5)cc4s3)sc2c1)N1CCSCC1. The predicted octanol–water partition coefficient (Wildman–Crippen LogP) is 4.12. The van der Waals surface area contributed by atoms with Crippen LogP contribution >= 0.6 is 46.2 Å². The Morgan fingerprint density at radius 3 is 1.46 bits per heavy atom. The van der Waals surface area contributed by atoms with E-state index in [4.69, 9.17) is 0 Å². The summed E-state index contributed by atoms with van der Waals surface area (Å²) in [6, 6.07) is 10.1. The van der Waals surface area contributed by atoms with E-state index in [0.29, 0.717) is 47.5 Å². The molecule has 0 atom stereocenters. The Balaban J connectivity index is 1.24. The first-order valence-electron chi connectivity index (χ1n) is 11.5. The van der Waals surface area contributed by atoms with E-state index >= 15 is 0 Å². The van der Waals surface area contributed by atoms with Gasteiger partial charge in [0.15, 0.2) is 10.3 Å². The highest BCUT2D eigenvalue weighted by molar-refractivity contribution is 7.99. The number of hydrogen-bond donors (Lipinski definition) is 1. The van der Waals surface area contributed by atoms with Crippen LogP contribution in [0.2, 0.25) is 0 Å². The molecule has 1 N–H and O–H groups in total. The molecule has 37 heavy (non-hydrogen) atoms. The van der Waals surface area contributed by atoms with E-state index in [2.05, 4.69) is 15.3 Å². The second kappa shape index (κ2) is 10.3. The van der Waals surface area contributed by atoms with Crippen molar-refractivity contribution in [1.29, 1.82) is 0 Å². The highest BCUT2D eigenvalue weighted by atomic mass is 32.2. The molecule has 4 heterocycles. The van der Waals surface area contributed by atoms with Gasteiger partial charge in [-0.15, -0.1) is 0 Å². The lowest BCUT2D eigenvalue weighted by atomic mass is 10.3. The summed E-state index contributed by atoms with van der Waals surface area (Å²) < 4.78 is 56.9. The van der Waals surface area contributed by atoms with Crippen LogP contribution in [0.25, 0.3) is 20.4 Å². The van der Waals surface area contributed by atoms with Gasteiger partial charge >= 0.3 is 0 Å². The van der Waals surface area contributed by atoms with Crippen molar-refractivity contribution in [1.82, 2.24) is 18.6 Å². The molecule has 0 unspecified atom stereocenters. The monoisotopic (exact) mass is 613 g/mol. The summed E-state index contributed by atoms with van der Waals surface area (Å²) in [6.07, 6.45) is 0. The first-order valence-corrected chi connectivity index (χ1v) is 18.4. The number of thiazole rings is 2. The lowest BCUT2D eigenvalue weighted by molar-refractivity contribution is 0.443. The van der Waals surface area contributed by atoms with Gasteiger partial charge in [0.2, 0.25) is 20.0 Å². The van der Waals surface area contributed by atoms with E-state index < -0.39 is 20.0 Å². The van der Waals surface area contributed by atoms with Crippen LogP contribution in [0.1, 0.15) is 0 Å². The zero-order chi connectivity index (χ0) is 25.6. The summed E-state index contributed by atoms with van der Waals surface area (Å²) in [4.78, 5) is 9.74. The van der Waals surface area contributed by atoms with Crippen LogP contribution in [0.15, 0.2) is 46.2 Å². The summed E-state index contributed by atoms with van der Waals surface area (Å²) in [5, 5.41) is 4.40. The molecule has 2 aromatic heterocycles. The maximum absolute atomic E-state index is 13.1. The first-order chi connectivity index (χ1) is 17.8. The molecule has 0 bridgehead atoms. The molecule has 6 rings (SSSR count). The highest BCUT2D eigenvalue weighted by Gasteiger charge is 2.28. The maximum atomic E-state index is 13.1. The number of thioether (sulfide) groups is 2. The molecule has 0 amide bonds. The fraction of sp³-hybridized carbons (Fsp3) is 0.364. The first kappa shape index (κ1) is 25.8. The van der Waals surface area contributed by atoms with Crippen LogP contribution < -0.4 is 5.32 Å². The topological polar surface area (TPSA) is 113 Å². The van der Waals surface area contributed by atoms with Gasteiger partial charge in [0.25, 0.3) is 0 Å². The summed E-state index contributed by atoms with van der Waals surface area (Å²) in [5.74, 6) is 3.23. The zero-order valence-electron chi connectivity index (χ0n) is 19.5. The molecule has 2 aromatic carbocycles. The van der Waals surface area contributed by atoms with Crippen LogP contribution in [-0.4, -0.2) is 84.6 Å². The molecular formula is C22H23N5O4S6. The van der Waals surface area contributed by atoms with Crippen molar-refractivity contribution in [2.45, 2.75) is 9.79 Å². The van der Waals surface area contributed by atoms with Gasteiger partial charge in [0.1, 0.15) is 0 Å². The Labute approximate surface area is 231 Å². The van der Waals surface area contributed by atoms with Crippen molar-refractivity contribution in [3.8, 4) is 0 Å². The number of sulfonamides is 2. The molecular weight excluding hydrogens is 591 g/mol. The van der Waals surface area contributed by atoms with Crippen LogP contribution in [-0.2, 0) is 20.0 Å². The fourth-order valence-electron chi connectivity index (χ4n) is 4.20. The predicted molar refractivity (Wildman–Crippen MR) is 155 cm³/mol. The minimum Gasteiger partial charge on any atom is -0.307 e. The molecule has 15 heteroatoms. The molecule has 2 aliphatic rings. The normalized spacial score (nSPS) is 18.5. The van der Waals surface area contributed by atoms with E-state index in [1.165, 1.54) is 22.7 Å². The quantitative estimate of drug-likeness (QED) is 0.343. The van der Waals surface area contributed by atoms with Crippen molar-refractivity contribution < 1.29 is 16.8 Å². The van der Waals surface area contributed by atoms with E-state index in [9.17, 15) is 16.8 Å². The summed E-state index contributed by atoms with van der Waals surface area (Å²) in [5.41, 5.74) is 1.41. The Morgan fingerprint density at radius 2 is 1.05 bits per heavy atom. The van der Waals surface area contributed by atoms with Gasteiger partial charge in [-0.25, -0.2) is 26.8 Å². The zero-order valence-corrected chi connectivity index (χ0v) is 24.4. The summed E-state index contributed by atoms with van der Waals surface area (Å²) >= 11 is 6.25. The van der Waals surface area contributed by atoms with Gasteiger partial charge < -0.3 is 5.32 Å². The van der Waals surface area contributed by atoms with Crippen LogP contribution in [0.3, 0.4) is 0 Å². The van der Waals surface area contributed by atoms with Gasteiger partial charge in [-0.2, -0.15) is 32.1 Å². The second-order valence-corrected chi connectivity index (χ2v) is 16.8. The average Bonchev–Trinajstić information content (AvgIpc) is 3.51. The summed E-state index contributed by atoms with van der Waals surface area (Å²) in [7, 11) is -7.06. The van der Waals surface area contributed by atoms with Crippen molar-refractivity contribution in [2.75, 3.05) is 54.5 Å². The molecule has 4 aromatic rings. The molecule has 0 radical (unpaired) electrons. The standard InChI is InChI=1S/C22H23N5O4S6/c28-36(29,26-5-9-32-10-6-26)15-1-3-17-19(13-15)34-21(23-17)25-22-24-18-4-2-16(14-20(18)35-22)37(30,31)27-7-11-33-12-8-27/h1-4,13-14H,5-12H2,(H,23,24,25). The molecule has 2 saturated heterocycles. The Hall–Kier alpha value is -1.46. The van der Waals surface area contributed by atoms with E-state index in [1.807, 2.05) is 0 Å². The van der Waals surface area contributed by atoms with Crippen molar-refractivity contribution in [3.63, 3.8) is 0 Å². The van der Waals surface area contributed by atoms with Gasteiger partial charge in [0.05, 0.1) is 30.2 Å². The third-order valence-electron chi connectivity index (χ3n) is 6.15. The smallest absolute Gasteiger partial charge is 0.243 e. The fourth-order valence-corrected chi connectivity index (χ4v) is 11.4. The highest BCUT2D eigenvalue weighted by Crippen LogP contribution is 2.35. The number of fused-ring (bicyclic) bond motifs is 2. The van der Waals surface area contributed by atoms with Gasteiger partial charge in [-0.3, -0.25) is 0 Å². The van der Waals surface area contributed by atoms with E-state index in [-0.39, 0.29) is 9.79 Å². The number of anilines is 2. The van der Waals surface area contributed by atoms with Gasteiger partial charge in [-0.1, -0.05) is 22.7 Å². The Bertz CT molecular complexity index is 1550. The molecule has 0 saturated carbocycles. The maximum Gasteiger partial charge on any atom is 0.243 e. The van der Waals surface area contributed by atoms with Crippen LogP contribution in [0.4, 0.5) is 10.3 Å². The van der Waals surface area contributed by atoms with Gasteiger partial charge in [-0.05, 0) is 36.4 Å². The van der Waals surface area contributed by atoms with Crippen molar-refractivity contribution in [3.05, 3.63) is 36.4 Å². The van der Waals surface area contributed by atoms with Crippen molar-refractivity contribution >= 4 is 96.9 Å². The number of benzene rings is 2. The number of nitrogens with zero attached hydrogens (tertiary/aromatic N) is 4. The molecule has 2 aliphatic heterocycles. The third kappa shape index (κ3) is 5.12. The summed E-state index contributed by atoms with van der Waals surface area (Å²) in [6.45, 7) is 2.10. The molecule has 9 nitrogen and oxygen atoms in total. The lowest BCUT2D eigenvalue weighted by Crippen LogP contribution is -2.37. The van der Waals surface area contributed by atoms with Crippen LogP contribution in [0.5, 0.6) is 0 Å². The van der Waals surface area contributed by atoms with E-state index in [0.717, 1.165) is 32.4 Å². The minimum absolute atomic E-state index is 0.281. The van der Waals surface area contributed by atoms with Gasteiger partial charge in [0, 0.05) is 49.2 Å². The number of hydrogen-bond acceptors (Lipinski definition) is 11. The van der Waals surface area contributed by atoms with Crippen molar-refractivity contribution in [2.24, 2.45) is 0 Å². The molecule has 2 fully saturated rings. The van der Waals surface area contributed by atoms with E-state index in [1.54, 1.807) is 68.5 Å². The molecule has 0 spiro atoms. The number of aromatic nitrogens is 2. The van der Waals surface area contributed by atoms with Crippen LogP contribution in [0, 0.1) is 0 Å². The molecule has 0 aliphatic carbocycles. The number of rotatable bonds is 6. The second-order valence-electron chi connectivity index (χ2n) is 8.46. The Kier molecular flexibility index (Phi) is 7.15. The third-order valence-corrected chi connectivity index (χ3v) is 13.7. The lowest BCUT2D eigenvalue weighted by Gasteiger charge is -2.25. The number of nitrogens with one attached hydrogen (secondary N) is 1. The Morgan fingerprint density at radius 1 is 0.649 bits per heavy atom. The minimum atomic E-state index is -3.53. The average molecular weight is 614 g/mol. The molecule has 196 valence electrons. The largest absolute Gasteiger partial charge is 0.307 e.